The van der Waals surface area contributed by atoms with E-state index in [9.17, 15) is 14.3 Å². The highest BCUT2D eigenvalue weighted by Crippen LogP contribution is 2.43. The second kappa shape index (κ2) is 56.2. The van der Waals surface area contributed by atoms with E-state index >= 15 is 0 Å². The molecule has 426 valence electrons. The van der Waals surface area contributed by atoms with Crippen molar-refractivity contribution in [1.82, 2.24) is 0 Å². The lowest BCUT2D eigenvalue weighted by Gasteiger charge is -2.24. The van der Waals surface area contributed by atoms with Gasteiger partial charge in [-0.15, -0.1) is 0 Å². The quantitative estimate of drug-likeness (QED) is 0.0213. The predicted molar refractivity (Wildman–Crippen MR) is 316 cm³/mol. The van der Waals surface area contributed by atoms with Crippen LogP contribution < -0.4 is 0 Å². The average molecular weight is 1050 g/mol. The van der Waals surface area contributed by atoms with Crippen molar-refractivity contribution in [3.63, 3.8) is 0 Å². The highest BCUT2D eigenvalue weighted by atomic mass is 31.2. The molecule has 0 fully saturated rings. The van der Waals surface area contributed by atoms with Gasteiger partial charge in [0.25, 0.3) is 0 Å². The molecule has 2 atom stereocenters. The van der Waals surface area contributed by atoms with E-state index in [-0.39, 0.29) is 25.8 Å². The zero-order valence-electron chi connectivity index (χ0n) is 48.6. The van der Waals surface area contributed by atoms with Crippen LogP contribution in [0.3, 0.4) is 0 Å². The fourth-order valence-corrected chi connectivity index (χ4v) is 9.36. The Balaban J connectivity index is 4.07. The van der Waals surface area contributed by atoms with Crippen molar-refractivity contribution in [2.24, 2.45) is 0 Å². The van der Waals surface area contributed by atoms with Crippen molar-refractivity contribution in [3.8, 4) is 0 Å². The Labute approximate surface area is 453 Å². The van der Waals surface area contributed by atoms with Crippen LogP contribution in [-0.4, -0.2) is 75.6 Å². The SMILES string of the molecule is CC/C=C\C/C=C\C/C=C\C/C=C\C/C=C\C/C=C\CCCCCCCCCOCC(COP(=O)(O)OCC[N+](C)(C)C)OC(=O)CCCCCCCCCCCCCCCCCCCCCCCCCCC. The molecule has 0 saturated carbocycles. The second-order valence-corrected chi connectivity index (χ2v) is 23.2. The molecule has 9 heteroatoms. The summed E-state index contributed by atoms with van der Waals surface area (Å²) in [5.74, 6) is -0.314. The highest BCUT2D eigenvalue weighted by Gasteiger charge is 2.26. The molecule has 0 aromatic heterocycles. The topological polar surface area (TPSA) is 91.3 Å². The molecule has 0 saturated heterocycles. The van der Waals surface area contributed by atoms with Crippen molar-refractivity contribution in [2.45, 2.75) is 277 Å². The Hall–Kier alpha value is -2.06. The molecule has 0 aromatic carbocycles. The van der Waals surface area contributed by atoms with Gasteiger partial charge < -0.3 is 18.9 Å². The van der Waals surface area contributed by atoms with Crippen LogP contribution in [0, 0.1) is 0 Å². The first-order valence-electron chi connectivity index (χ1n) is 30.7. The van der Waals surface area contributed by atoms with Gasteiger partial charge in [0.05, 0.1) is 34.4 Å². The van der Waals surface area contributed by atoms with E-state index in [4.69, 9.17) is 18.5 Å². The number of unbranched alkanes of at least 4 members (excludes halogenated alkanes) is 31. The third-order valence-electron chi connectivity index (χ3n) is 13.3. The number of carbonyl (C=O) groups is 1. The van der Waals surface area contributed by atoms with Gasteiger partial charge in [-0.3, -0.25) is 13.8 Å². The van der Waals surface area contributed by atoms with Crippen LogP contribution >= 0.6 is 7.82 Å². The van der Waals surface area contributed by atoms with Gasteiger partial charge in [-0.1, -0.05) is 273 Å². The Bertz CT molecular complexity index is 1400. The number of rotatable bonds is 57. The van der Waals surface area contributed by atoms with Gasteiger partial charge in [0.2, 0.25) is 0 Å². The van der Waals surface area contributed by atoms with Crippen molar-refractivity contribution in [1.29, 1.82) is 0 Å². The largest absolute Gasteiger partial charge is 0.472 e. The number of carbonyl (C=O) groups excluding carboxylic acids is 1. The molecule has 0 aliphatic carbocycles. The molecule has 0 aliphatic rings. The smallest absolute Gasteiger partial charge is 0.457 e. The summed E-state index contributed by atoms with van der Waals surface area (Å²) in [4.78, 5) is 23.1. The lowest BCUT2D eigenvalue weighted by molar-refractivity contribution is -0.870. The standard InChI is InChI=1S/C64H118NO7P/c1-6-8-10-12-14-16-18-20-22-24-26-28-30-32-34-36-38-40-42-44-46-48-50-52-54-56-59-69-61-63(62-71-73(67,68)70-60-58-65(3,4)5)72-64(66)57-55-53-51-49-47-45-43-41-39-37-35-33-31-29-27-25-23-21-19-17-15-13-11-9-7-2/h8,10,14,16,20,22,26,28,32,34,38,40,63H,6-7,9,11-13,15,17-19,21,23-25,27,29-31,33,35-37,39,41-62H2,1-5H3/p+1/b10-8-,16-14-,22-20-,28-26-,34-32-,40-38-. The molecular formula is C64H119NO7P+. The number of hydrogen-bond donors (Lipinski definition) is 1. The summed E-state index contributed by atoms with van der Waals surface area (Å²) >= 11 is 0. The first-order valence-corrected chi connectivity index (χ1v) is 32.2. The van der Waals surface area contributed by atoms with Crippen LogP contribution in [0.2, 0.25) is 0 Å². The molecule has 0 radical (unpaired) electrons. The third kappa shape index (κ3) is 60.7. The molecule has 0 aromatic rings. The van der Waals surface area contributed by atoms with Crippen LogP contribution in [-0.2, 0) is 27.9 Å². The number of allylic oxidation sites excluding steroid dienone is 12. The van der Waals surface area contributed by atoms with Crippen LogP contribution in [0.1, 0.15) is 271 Å². The molecule has 1 N–H and O–H groups in total. The van der Waals surface area contributed by atoms with Crippen molar-refractivity contribution >= 4 is 13.8 Å². The summed E-state index contributed by atoms with van der Waals surface area (Å²) in [5.41, 5.74) is 0. The summed E-state index contributed by atoms with van der Waals surface area (Å²) < 4.78 is 35.3. The fourth-order valence-electron chi connectivity index (χ4n) is 8.62. The lowest BCUT2D eigenvalue weighted by Crippen LogP contribution is -2.37. The molecule has 8 nitrogen and oxygen atoms in total. The minimum absolute atomic E-state index is 0.0846. The lowest BCUT2D eigenvalue weighted by atomic mass is 10.0. The average Bonchev–Trinajstić information content (AvgIpc) is 3.35. The first-order chi connectivity index (χ1) is 35.6. The van der Waals surface area contributed by atoms with E-state index in [1.807, 2.05) is 21.1 Å². The Morgan fingerprint density at radius 3 is 1.19 bits per heavy atom. The van der Waals surface area contributed by atoms with Crippen LogP contribution in [0.25, 0.3) is 0 Å². The van der Waals surface area contributed by atoms with E-state index in [1.54, 1.807) is 0 Å². The van der Waals surface area contributed by atoms with Crippen LogP contribution in [0.5, 0.6) is 0 Å². The minimum atomic E-state index is -4.29. The third-order valence-corrected chi connectivity index (χ3v) is 14.3. The molecule has 0 bridgehead atoms. The number of phosphoric ester groups is 1. The number of phosphoric acid groups is 1. The predicted octanol–water partition coefficient (Wildman–Crippen LogP) is 19.7. The Kier molecular flexibility index (Phi) is 54.6. The van der Waals surface area contributed by atoms with Gasteiger partial charge in [-0.25, -0.2) is 4.57 Å². The van der Waals surface area contributed by atoms with Gasteiger partial charge in [0.15, 0.2) is 0 Å². The summed E-state index contributed by atoms with van der Waals surface area (Å²) in [6, 6.07) is 0. The van der Waals surface area contributed by atoms with Gasteiger partial charge in [-0.05, 0) is 64.2 Å². The van der Waals surface area contributed by atoms with Crippen molar-refractivity contribution in [2.75, 3.05) is 54.1 Å². The fraction of sp³-hybridized carbons (Fsp3) is 0.797. The molecule has 0 amide bonds. The van der Waals surface area contributed by atoms with E-state index in [1.165, 1.54) is 173 Å². The Morgan fingerprint density at radius 2 is 0.795 bits per heavy atom. The van der Waals surface area contributed by atoms with Crippen molar-refractivity contribution in [3.05, 3.63) is 72.9 Å². The maximum absolute atomic E-state index is 12.8. The van der Waals surface area contributed by atoms with Crippen LogP contribution in [0.15, 0.2) is 72.9 Å². The summed E-state index contributed by atoms with van der Waals surface area (Å²) in [5, 5.41) is 0. The minimum Gasteiger partial charge on any atom is -0.457 e. The molecular weight excluding hydrogens is 926 g/mol. The number of esters is 1. The molecule has 0 rings (SSSR count). The summed E-state index contributed by atoms with van der Waals surface area (Å²) in [6.07, 6.45) is 75.5. The summed E-state index contributed by atoms with van der Waals surface area (Å²) in [7, 11) is 1.66. The number of ether oxygens (including phenoxy) is 2. The molecule has 0 aliphatic heterocycles. The first kappa shape index (κ1) is 70.9. The zero-order valence-corrected chi connectivity index (χ0v) is 49.5. The number of nitrogens with zero attached hydrogens (tertiary/aromatic N) is 1. The molecule has 2 unspecified atom stereocenters. The monoisotopic (exact) mass is 1040 g/mol. The highest BCUT2D eigenvalue weighted by molar-refractivity contribution is 7.47. The zero-order chi connectivity index (χ0) is 53.3. The van der Waals surface area contributed by atoms with Gasteiger partial charge in [-0.2, -0.15) is 0 Å². The molecule has 0 heterocycles. The normalized spacial score (nSPS) is 13.9. The second-order valence-electron chi connectivity index (χ2n) is 21.7. The van der Waals surface area contributed by atoms with E-state index < -0.39 is 13.9 Å². The van der Waals surface area contributed by atoms with Crippen molar-refractivity contribution < 1.29 is 37.3 Å². The number of likely N-dealkylation sites (N-methyl/N-ethyl adjacent to an activating group) is 1. The molecule has 0 spiro atoms. The van der Waals surface area contributed by atoms with Gasteiger partial charge >= 0.3 is 13.8 Å². The maximum atomic E-state index is 12.8. The van der Waals surface area contributed by atoms with E-state index in [0.29, 0.717) is 24.1 Å². The van der Waals surface area contributed by atoms with Gasteiger partial charge in [0.1, 0.15) is 19.3 Å². The van der Waals surface area contributed by atoms with Gasteiger partial charge in [0, 0.05) is 13.0 Å². The number of quaternary nitrogens is 1. The van der Waals surface area contributed by atoms with E-state index in [2.05, 4.69) is 86.8 Å². The van der Waals surface area contributed by atoms with Crippen LogP contribution in [0.4, 0.5) is 0 Å². The van der Waals surface area contributed by atoms with E-state index in [0.717, 1.165) is 77.0 Å². The summed E-state index contributed by atoms with van der Waals surface area (Å²) in [6.45, 7) is 5.52. The number of hydrogen-bond acceptors (Lipinski definition) is 6. The maximum Gasteiger partial charge on any atom is 0.472 e. The molecule has 73 heavy (non-hydrogen) atoms. The Morgan fingerprint density at radius 1 is 0.438 bits per heavy atom.